The number of hydrogen-bond acceptors (Lipinski definition) is 5. The van der Waals surface area contributed by atoms with Crippen molar-refractivity contribution in [3.05, 3.63) is 52.9 Å². The Morgan fingerprint density at radius 3 is 2.54 bits per heavy atom. The number of ether oxygens (including phenoxy) is 2. The smallest absolute Gasteiger partial charge is 0.356 e. The van der Waals surface area contributed by atoms with Crippen molar-refractivity contribution in [2.75, 3.05) is 13.7 Å². The van der Waals surface area contributed by atoms with Crippen LogP contribution < -0.4 is 4.74 Å². The summed E-state index contributed by atoms with van der Waals surface area (Å²) in [5, 5.41) is 4.47. The van der Waals surface area contributed by atoms with Crippen LogP contribution in [-0.2, 0) is 9.53 Å². The van der Waals surface area contributed by atoms with Crippen LogP contribution in [0.4, 0.5) is 0 Å². The molecule has 0 saturated carbocycles. The first-order chi connectivity index (χ1) is 12.4. The van der Waals surface area contributed by atoms with Gasteiger partial charge in [-0.25, -0.2) is 4.79 Å². The molecule has 0 radical (unpaired) electrons. The van der Waals surface area contributed by atoms with Crippen LogP contribution in [0.1, 0.15) is 45.7 Å². The summed E-state index contributed by atoms with van der Waals surface area (Å²) in [4.78, 5) is 12.6. The quantitative estimate of drug-likeness (QED) is 0.770. The van der Waals surface area contributed by atoms with E-state index in [4.69, 9.17) is 9.47 Å². The number of methoxy groups -OCH3 is 1. The van der Waals surface area contributed by atoms with Crippen LogP contribution in [0.3, 0.4) is 0 Å². The van der Waals surface area contributed by atoms with Crippen molar-refractivity contribution < 1.29 is 14.3 Å². The third-order valence-electron chi connectivity index (χ3n) is 6.14. The molecule has 5 nitrogen and oxygen atoms in total. The fourth-order valence-corrected chi connectivity index (χ4v) is 4.41. The van der Waals surface area contributed by atoms with E-state index in [0.717, 1.165) is 12.2 Å². The molecule has 1 aromatic carbocycles. The molecule has 5 heteroatoms. The lowest BCUT2D eigenvalue weighted by atomic mass is 9.80. The van der Waals surface area contributed by atoms with E-state index in [9.17, 15) is 4.79 Å². The molecule has 0 unspecified atom stereocenters. The van der Waals surface area contributed by atoms with Crippen molar-refractivity contribution in [1.82, 2.24) is 10.0 Å². The molecule has 3 aliphatic heterocycles. The molecule has 0 spiro atoms. The lowest BCUT2D eigenvalue weighted by Gasteiger charge is -2.35. The second-order valence-electron chi connectivity index (χ2n) is 7.69. The third-order valence-corrected chi connectivity index (χ3v) is 6.14. The highest BCUT2D eigenvalue weighted by Crippen LogP contribution is 2.57. The molecule has 1 aromatic rings. The van der Waals surface area contributed by atoms with Gasteiger partial charge in [0, 0.05) is 17.5 Å². The summed E-state index contributed by atoms with van der Waals surface area (Å²) >= 11 is 0. The Bertz CT molecular complexity index is 807. The van der Waals surface area contributed by atoms with E-state index in [1.165, 1.54) is 16.8 Å². The van der Waals surface area contributed by atoms with Crippen molar-refractivity contribution in [1.29, 1.82) is 0 Å². The van der Waals surface area contributed by atoms with Gasteiger partial charge in [-0.1, -0.05) is 26.0 Å². The normalized spacial score (nSPS) is 25.5. The minimum absolute atomic E-state index is 0.00665. The summed E-state index contributed by atoms with van der Waals surface area (Å²) in [7, 11) is 1.67. The molecule has 4 rings (SSSR count). The van der Waals surface area contributed by atoms with Crippen LogP contribution in [-0.4, -0.2) is 35.7 Å². The molecule has 2 atom stereocenters. The maximum atomic E-state index is 12.6. The van der Waals surface area contributed by atoms with Crippen LogP contribution in [0.15, 0.2) is 47.3 Å². The molecule has 0 N–H and O–H groups in total. The number of benzene rings is 1. The molecule has 0 aliphatic carbocycles. The highest BCUT2D eigenvalue weighted by Gasteiger charge is 2.56. The predicted octanol–water partition coefficient (Wildman–Crippen LogP) is 3.80. The average molecular weight is 354 g/mol. The van der Waals surface area contributed by atoms with Crippen molar-refractivity contribution >= 4 is 5.97 Å². The number of hydrogen-bond donors (Lipinski definition) is 0. The minimum atomic E-state index is -0.241. The molecule has 26 heavy (non-hydrogen) atoms. The molecule has 0 bridgehead atoms. The highest BCUT2D eigenvalue weighted by atomic mass is 16.5. The molecule has 3 heterocycles. The molecule has 1 saturated heterocycles. The van der Waals surface area contributed by atoms with Gasteiger partial charge < -0.3 is 9.47 Å². The molecule has 1 fully saturated rings. The summed E-state index contributed by atoms with van der Waals surface area (Å²) in [5.41, 5.74) is 4.58. The molecule has 3 aliphatic rings. The zero-order valence-electron chi connectivity index (χ0n) is 16.1. The lowest BCUT2D eigenvalue weighted by Crippen LogP contribution is -2.40. The number of esters is 1. The van der Waals surface area contributed by atoms with E-state index >= 15 is 0 Å². The van der Waals surface area contributed by atoms with E-state index in [1.54, 1.807) is 7.11 Å². The fraction of sp³-hybridized carbons (Fsp3) is 0.476. The lowest BCUT2D eigenvalue weighted by molar-refractivity contribution is -0.142. The van der Waals surface area contributed by atoms with Gasteiger partial charge in [0.25, 0.3) is 0 Å². The Kier molecular flexibility index (Phi) is 3.79. The van der Waals surface area contributed by atoms with Gasteiger partial charge in [-0.3, -0.25) is 10.0 Å². The minimum Gasteiger partial charge on any atom is -0.497 e. The van der Waals surface area contributed by atoms with Gasteiger partial charge in [0.05, 0.1) is 25.8 Å². The second kappa shape index (κ2) is 5.79. The van der Waals surface area contributed by atoms with E-state index in [-0.39, 0.29) is 23.5 Å². The van der Waals surface area contributed by atoms with E-state index < -0.39 is 0 Å². The molecule has 0 aromatic heterocycles. The van der Waals surface area contributed by atoms with Crippen LogP contribution in [0.2, 0.25) is 0 Å². The zero-order valence-corrected chi connectivity index (χ0v) is 16.1. The van der Waals surface area contributed by atoms with E-state index in [1.807, 2.05) is 19.1 Å². The van der Waals surface area contributed by atoms with E-state index in [0.29, 0.717) is 12.3 Å². The number of rotatable bonds is 4. The van der Waals surface area contributed by atoms with Crippen molar-refractivity contribution in [2.45, 2.75) is 46.2 Å². The predicted molar refractivity (Wildman–Crippen MR) is 99.0 cm³/mol. The van der Waals surface area contributed by atoms with Crippen molar-refractivity contribution in [3.8, 4) is 5.75 Å². The summed E-state index contributed by atoms with van der Waals surface area (Å²) in [5.74, 6) is 0.597. The first-order valence-corrected chi connectivity index (χ1v) is 9.21. The van der Waals surface area contributed by atoms with Crippen LogP contribution in [0.25, 0.3) is 0 Å². The maximum Gasteiger partial charge on any atom is 0.356 e. The SMILES string of the molecule is CCOC(=O)C1=C[C@@H]2N3C(=C(C)C2(C)C)C[C@@H](c2ccc(OC)cc2)N13. The maximum absolute atomic E-state index is 12.6. The number of nitrogens with zero attached hydrogens (tertiary/aromatic N) is 2. The molecular weight excluding hydrogens is 328 g/mol. The topological polar surface area (TPSA) is 42.0 Å². The van der Waals surface area contributed by atoms with Gasteiger partial charge in [0.2, 0.25) is 0 Å². The van der Waals surface area contributed by atoms with E-state index in [2.05, 4.69) is 49.0 Å². The number of hydrazine groups is 1. The van der Waals surface area contributed by atoms with Gasteiger partial charge in [-0.2, -0.15) is 0 Å². The average Bonchev–Trinajstić information content (AvgIpc) is 3.24. The summed E-state index contributed by atoms with van der Waals surface area (Å²) in [6, 6.07) is 8.39. The molecule has 0 amide bonds. The third kappa shape index (κ3) is 2.19. The Morgan fingerprint density at radius 2 is 1.92 bits per heavy atom. The highest BCUT2D eigenvalue weighted by molar-refractivity contribution is 5.89. The van der Waals surface area contributed by atoms with Crippen LogP contribution in [0.5, 0.6) is 5.75 Å². The summed E-state index contributed by atoms with van der Waals surface area (Å²) in [6.07, 6.45) is 2.99. The second-order valence-corrected chi connectivity index (χ2v) is 7.69. The van der Waals surface area contributed by atoms with Gasteiger partial charge in [0.15, 0.2) is 0 Å². The van der Waals surface area contributed by atoms with Gasteiger partial charge in [0.1, 0.15) is 11.4 Å². The Hall–Kier alpha value is -2.43. The standard InChI is InChI=1S/C21H26N2O3/c1-6-26-20(24)18-12-19-21(3,4)13(2)16-11-17(22(18)23(16)19)14-7-9-15(25-5)10-8-14/h7-10,12,17,19H,6,11H2,1-5H3/t17-,19-/m0/s1. The summed E-state index contributed by atoms with van der Waals surface area (Å²) < 4.78 is 10.6. The zero-order chi connectivity index (χ0) is 18.6. The molecular formula is C21H26N2O3. The van der Waals surface area contributed by atoms with Crippen molar-refractivity contribution in [2.24, 2.45) is 5.41 Å². The number of carbonyl (C=O) groups is 1. The first kappa shape index (κ1) is 17.0. The van der Waals surface area contributed by atoms with Crippen molar-refractivity contribution in [3.63, 3.8) is 0 Å². The van der Waals surface area contributed by atoms with Crippen LogP contribution >= 0.6 is 0 Å². The molecule has 138 valence electrons. The monoisotopic (exact) mass is 354 g/mol. The van der Waals surface area contributed by atoms with Gasteiger partial charge >= 0.3 is 5.97 Å². The Morgan fingerprint density at radius 1 is 1.23 bits per heavy atom. The van der Waals surface area contributed by atoms with Gasteiger partial charge in [-0.15, -0.1) is 0 Å². The number of carbonyl (C=O) groups excluding carboxylic acids is 1. The largest absolute Gasteiger partial charge is 0.497 e. The summed E-state index contributed by atoms with van der Waals surface area (Å²) in [6.45, 7) is 8.96. The van der Waals surface area contributed by atoms with Crippen LogP contribution in [0, 0.1) is 5.41 Å². The Balaban J connectivity index is 1.77. The Labute approximate surface area is 154 Å². The van der Waals surface area contributed by atoms with Gasteiger partial charge in [-0.05, 0) is 43.2 Å². The fourth-order valence-electron chi connectivity index (χ4n) is 4.41. The first-order valence-electron chi connectivity index (χ1n) is 9.21.